The van der Waals surface area contributed by atoms with Crippen LogP contribution in [0, 0.1) is 0 Å². The van der Waals surface area contributed by atoms with Gasteiger partial charge >= 0.3 is 0 Å². The molecule has 1 aliphatic rings. The van der Waals surface area contributed by atoms with Crippen LogP contribution in [0.1, 0.15) is 41.7 Å². The molecule has 2 N–H and O–H groups in total. The first-order valence-corrected chi connectivity index (χ1v) is 6.40. The van der Waals surface area contributed by atoms with E-state index in [-0.39, 0.29) is 11.3 Å². The number of thiophene rings is 1. The molecule has 0 radical (unpaired) electrons. The highest BCUT2D eigenvalue weighted by Gasteiger charge is 2.27. The minimum Gasteiger partial charge on any atom is -0.397 e. The predicted molar refractivity (Wildman–Crippen MR) is 68.0 cm³/mol. The van der Waals surface area contributed by atoms with Crippen LogP contribution in [0.2, 0.25) is 0 Å². The quantitative estimate of drug-likeness (QED) is 0.817. The molecule has 16 heavy (non-hydrogen) atoms. The molecular weight excluding hydrogens is 220 g/mol. The summed E-state index contributed by atoms with van der Waals surface area (Å²) in [5.41, 5.74) is 6.61. The van der Waals surface area contributed by atoms with Crippen LogP contribution >= 0.6 is 11.3 Å². The third-order valence-corrected chi connectivity index (χ3v) is 4.40. The van der Waals surface area contributed by atoms with Crippen molar-refractivity contribution in [1.82, 2.24) is 4.90 Å². The second-order valence-electron chi connectivity index (χ2n) is 5.29. The Morgan fingerprint density at radius 3 is 2.44 bits per heavy atom. The van der Waals surface area contributed by atoms with Gasteiger partial charge in [-0.25, -0.2) is 0 Å². The summed E-state index contributed by atoms with van der Waals surface area (Å²) in [5.74, 6) is 0.101. The third kappa shape index (κ3) is 1.94. The van der Waals surface area contributed by atoms with Crippen LogP contribution in [0.4, 0.5) is 5.69 Å². The number of nitrogens with two attached hydrogens (primary N) is 1. The molecule has 88 valence electrons. The van der Waals surface area contributed by atoms with Gasteiger partial charge in [0.1, 0.15) is 4.88 Å². The average molecular weight is 238 g/mol. The largest absolute Gasteiger partial charge is 0.397 e. The molecule has 3 nitrogen and oxygen atoms in total. The van der Waals surface area contributed by atoms with Gasteiger partial charge in [0.2, 0.25) is 0 Å². The molecule has 1 aromatic rings. The molecule has 1 fully saturated rings. The van der Waals surface area contributed by atoms with E-state index in [9.17, 15) is 4.79 Å². The van der Waals surface area contributed by atoms with E-state index in [1.54, 1.807) is 0 Å². The third-order valence-electron chi connectivity index (χ3n) is 2.84. The van der Waals surface area contributed by atoms with Gasteiger partial charge in [-0.05, 0) is 17.9 Å². The number of hydrogen-bond acceptors (Lipinski definition) is 3. The number of anilines is 1. The topological polar surface area (TPSA) is 46.3 Å². The maximum absolute atomic E-state index is 12.0. The molecular formula is C12H18N2OS. The SMILES string of the molecule is CC(C)(C)c1cc(N)c(C(=O)N2CCC2)s1. The first-order chi connectivity index (χ1) is 7.39. The molecule has 2 rings (SSSR count). The highest BCUT2D eigenvalue weighted by Crippen LogP contribution is 2.35. The molecule has 1 aromatic heterocycles. The van der Waals surface area contributed by atoms with Crippen molar-refractivity contribution >= 4 is 22.9 Å². The summed E-state index contributed by atoms with van der Waals surface area (Å²) in [7, 11) is 0. The summed E-state index contributed by atoms with van der Waals surface area (Å²) in [5, 5.41) is 0. The smallest absolute Gasteiger partial charge is 0.266 e. The lowest BCUT2D eigenvalue weighted by Crippen LogP contribution is -2.41. The van der Waals surface area contributed by atoms with Crippen LogP contribution in [0.15, 0.2) is 6.07 Å². The Morgan fingerprint density at radius 1 is 1.44 bits per heavy atom. The van der Waals surface area contributed by atoms with E-state index >= 15 is 0 Å². The van der Waals surface area contributed by atoms with Crippen molar-refractivity contribution in [3.05, 3.63) is 15.8 Å². The molecule has 0 aliphatic carbocycles. The molecule has 2 heterocycles. The van der Waals surface area contributed by atoms with Crippen molar-refractivity contribution in [2.45, 2.75) is 32.6 Å². The number of amides is 1. The number of nitrogen functional groups attached to an aromatic ring is 1. The second-order valence-corrected chi connectivity index (χ2v) is 6.34. The van der Waals surface area contributed by atoms with Crippen LogP contribution in [0.5, 0.6) is 0 Å². The van der Waals surface area contributed by atoms with E-state index in [1.807, 2.05) is 11.0 Å². The van der Waals surface area contributed by atoms with Gasteiger partial charge in [0.25, 0.3) is 5.91 Å². The zero-order valence-corrected chi connectivity index (χ0v) is 10.9. The lowest BCUT2D eigenvalue weighted by Gasteiger charge is -2.30. The molecule has 1 saturated heterocycles. The molecule has 0 atom stereocenters. The number of hydrogen-bond donors (Lipinski definition) is 1. The van der Waals surface area contributed by atoms with E-state index in [2.05, 4.69) is 20.8 Å². The van der Waals surface area contributed by atoms with Crippen molar-refractivity contribution < 1.29 is 4.79 Å². The Labute approximate surface area is 100 Å². The zero-order chi connectivity index (χ0) is 11.9. The normalized spacial score (nSPS) is 16.1. The van der Waals surface area contributed by atoms with Crippen LogP contribution in [0.25, 0.3) is 0 Å². The number of rotatable bonds is 1. The highest BCUT2D eigenvalue weighted by atomic mass is 32.1. The number of likely N-dealkylation sites (tertiary alicyclic amines) is 1. The molecule has 0 unspecified atom stereocenters. The fourth-order valence-corrected chi connectivity index (χ4v) is 2.71. The van der Waals surface area contributed by atoms with Gasteiger partial charge in [-0.15, -0.1) is 11.3 Å². The fourth-order valence-electron chi connectivity index (χ4n) is 1.60. The number of carbonyl (C=O) groups excluding carboxylic acids is 1. The average Bonchev–Trinajstić information content (AvgIpc) is 2.42. The van der Waals surface area contributed by atoms with Gasteiger partial charge in [-0.1, -0.05) is 20.8 Å². The van der Waals surface area contributed by atoms with Crippen LogP contribution < -0.4 is 5.73 Å². The Morgan fingerprint density at radius 2 is 2.06 bits per heavy atom. The standard InChI is InChI=1S/C12H18N2OS/c1-12(2,3)9-7-8(13)10(16-9)11(15)14-5-4-6-14/h7H,4-6,13H2,1-3H3. The van der Waals surface area contributed by atoms with Crippen molar-refractivity contribution in [2.75, 3.05) is 18.8 Å². The predicted octanol–water partition coefficient (Wildman–Crippen LogP) is 2.47. The van der Waals surface area contributed by atoms with Crippen molar-refractivity contribution in [2.24, 2.45) is 0 Å². The summed E-state index contributed by atoms with van der Waals surface area (Å²) < 4.78 is 0. The van der Waals surface area contributed by atoms with Gasteiger partial charge in [-0.2, -0.15) is 0 Å². The van der Waals surface area contributed by atoms with Crippen LogP contribution in [0.3, 0.4) is 0 Å². The van der Waals surface area contributed by atoms with Crippen molar-refractivity contribution in [1.29, 1.82) is 0 Å². The summed E-state index contributed by atoms with van der Waals surface area (Å²) in [6.07, 6.45) is 1.11. The molecule has 0 saturated carbocycles. The van der Waals surface area contributed by atoms with E-state index in [0.717, 1.165) is 19.5 Å². The highest BCUT2D eigenvalue weighted by molar-refractivity contribution is 7.14. The number of nitrogens with zero attached hydrogens (tertiary/aromatic N) is 1. The summed E-state index contributed by atoms with van der Waals surface area (Å²) in [6.45, 7) is 8.16. The van der Waals surface area contributed by atoms with Crippen LogP contribution in [-0.2, 0) is 5.41 Å². The Kier molecular flexibility index (Phi) is 2.70. The van der Waals surface area contributed by atoms with Crippen LogP contribution in [-0.4, -0.2) is 23.9 Å². The van der Waals surface area contributed by atoms with Gasteiger partial charge < -0.3 is 10.6 Å². The van der Waals surface area contributed by atoms with Gasteiger partial charge in [0.15, 0.2) is 0 Å². The van der Waals surface area contributed by atoms with Crippen molar-refractivity contribution in [3.8, 4) is 0 Å². The molecule has 0 aromatic carbocycles. The molecule has 1 aliphatic heterocycles. The Balaban J connectivity index is 2.27. The van der Waals surface area contributed by atoms with Gasteiger partial charge in [0.05, 0.1) is 5.69 Å². The molecule has 4 heteroatoms. The van der Waals surface area contributed by atoms with Crippen molar-refractivity contribution in [3.63, 3.8) is 0 Å². The van der Waals surface area contributed by atoms with E-state index < -0.39 is 0 Å². The summed E-state index contributed by atoms with van der Waals surface area (Å²) in [4.78, 5) is 15.8. The minimum absolute atomic E-state index is 0.0618. The Bertz CT molecular complexity index is 413. The van der Waals surface area contributed by atoms with E-state index in [0.29, 0.717) is 10.6 Å². The monoisotopic (exact) mass is 238 g/mol. The first kappa shape index (κ1) is 11.5. The fraction of sp³-hybridized carbons (Fsp3) is 0.583. The molecule has 0 bridgehead atoms. The second kappa shape index (κ2) is 3.77. The van der Waals surface area contributed by atoms with Gasteiger partial charge in [0, 0.05) is 18.0 Å². The lowest BCUT2D eigenvalue weighted by atomic mass is 9.95. The van der Waals surface area contributed by atoms with E-state index in [4.69, 9.17) is 5.73 Å². The zero-order valence-electron chi connectivity index (χ0n) is 10.0. The van der Waals surface area contributed by atoms with Gasteiger partial charge in [-0.3, -0.25) is 4.79 Å². The Hall–Kier alpha value is -1.03. The lowest BCUT2D eigenvalue weighted by molar-refractivity contribution is 0.0658. The van der Waals surface area contributed by atoms with E-state index in [1.165, 1.54) is 16.2 Å². The summed E-state index contributed by atoms with van der Waals surface area (Å²) in [6, 6.07) is 1.94. The first-order valence-electron chi connectivity index (χ1n) is 5.58. The maximum Gasteiger partial charge on any atom is 0.266 e. The summed E-state index contributed by atoms with van der Waals surface area (Å²) >= 11 is 1.54. The maximum atomic E-state index is 12.0. The molecule has 1 amide bonds. The number of carbonyl (C=O) groups is 1. The minimum atomic E-state index is 0.0618. The molecule has 0 spiro atoms.